The van der Waals surface area contributed by atoms with Gasteiger partial charge >= 0.3 is 0 Å². The van der Waals surface area contributed by atoms with Gasteiger partial charge in [-0.25, -0.2) is 15.0 Å². The van der Waals surface area contributed by atoms with Gasteiger partial charge in [0.25, 0.3) is 0 Å². The summed E-state index contributed by atoms with van der Waals surface area (Å²) in [6.45, 7) is 4.93. The lowest BCUT2D eigenvalue weighted by molar-refractivity contribution is 0.101. The first-order valence-electron chi connectivity index (χ1n) is 7.94. The maximum Gasteiger partial charge on any atom is 0.178 e. The van der Waals surface area contributed by atoms with Gasteiger partial charge < -0.3 is 9.13 Å². The molecular weight excluding hydrogens is 348 g/mol. The van der Waals surface area contributed by atoms with Crippen LogP contribution in [0.2, 0.25) is 0 Å². The molecule has 0 aliphatic heterocycles. The van der Waals surface area contributed by atoms with Crippen molar-refractivity contribution in [3.05, 3.63) is 47.8 Å². The molecule has 0 atom stereocenters. The number of Topliss-reactive ketones (excluding diaryl/α,β-unsaturated/α-hetero) is 1. The van der Waals surface area contributed by atoms with E-state index < -0.39 is 0 Å². The number of nitrogens with zero attached hydrogens (tertiary/aromatic N) is 6. The van der Waals surface area contributed by atoms with Crippen molar-refractivity contribution < 1.29 is 4.79 Å². The van der Waals surface area contributed by atoms with E-state index in [0.717, 1.165) is 34.2 Å². The number of ketones is 1. The first-order valence-corrected chi connectivity index (χ1v) is 8.82. The molecule has 0 N–H and O–H groups in total. The van der Waals surface area contributed by atoms with E-state index in [1.807, 2.05) is 16.1 Å². The molecule has 0 amide bonds. The van der Waals surface area contributed by atoms with E-state index in [9.17, 15) is 4.79 Å². The Morgan fingerprint density at radius 3 is 2.77 bits per heavy atom. The molecule has 0 radical (unpaired) electrons. The summed E-state index contributed by atoms with van der Waals surface area (Å²) in [5.74, 6) is 1.67. The number of pyridine rings is 1. The van der Waals surface area contributed by atoms with Crippen molar-refractivity contribution in [3.63, 3.8) is 0 Å². The fourth-order valence-corrected chi connectivity index (χ4v) is 3.51. The Hall–Kier alpha value is -2.87. The molecule has 0 saturated carbocycles. The van der Waals surface area contributed by atoms with Crippen LogP contribution in [0, 0.1) is 0 Å². The van der Waals surface area contributed by atoms with Crippen LogP contribution in [0.15, 0.2) is 36.2 Å². The lowest BCUT2D eigenvalue weighted by Crippen LogP contribution is -2.08. The molecule has 0 fully saturated rings. The topological polar surface area (TPSA) is 78.5 Å². The van der Waals surface area contributed by atoms with E-state index in [2.05, 4.69) is 26.4 Å². The van der Waals surface area contributed by atoms with Crippen LogP contribution in [-0.2, 0) is 13.1 Å². The summed E-state index contributed by atoms with van der Waals surface area (Å²) in [6.07, 6.45) is 7.19. The van der Waals surface area contributed by atoms with E-state index in [4.69, 9.17) is 4.98 Å². The monoisotopic (exact) mass is 368 g/mol. The molecular formula is C18H20N6OS. The second-order valence-corrected chi connectivity index (χ2v) is 6.50. The third-order valence-corrected chi connectivity index (χ3v) is 4.81. The maximum absolute atomic E-state index is 11.6. The Morgan fingerprint density at radius 2 is 2.08 bits per heavy atom. The van der Waals surface area contributed by atoms with Crippen LogP contribution in [0.1, 0.15) is 37.6 Å². The van der Waals surface area contributed by atoms with Gasteiger partial charge in [-0.2, -0.15) is 0 Å². The number of carbonyl (C=O) groups is 1. The second-order valence-electron chi connectivity index (χ2n) is 5.60. The zero-order chi connectivity index (χ0) is 17.4. The number of thiazole rings is 1. The molecule has 0 spiro atoms. The van der Waals surface area contributed by atoms with Crippen LogP contribution in [0.3, 0.4) is 0 Å². The van der Waals surface area contributed by atoms with Crippen LogP contribution in [-0.4, -0.2) is 34.9 Å². The van der Waals surface area contributed by atoms with Crippen molar-refractivity contribution in [3.8, 4) is 10.8 Å². The van der Waals surface area contributed by atoms with Gasteiger partial charge in [0.05, 0.1) is 23.8 Å². The largest absolute Gasteiger partial charge is 0.325 e. The SMILES string of the molecule is C.CCn1c(Cn2ccnc2-c2nccs2)nc2cc(C(C)=O)ncc21. The molecule has 8 heteroatoms. The molecule has 0 unspecified atom stereocenters. The van der Waals surface area contributed by atoms with E-state index in [1.165, 1.54) is 6.92 Å². The Morgan fingerprint density at radius 1 is 1.23 bits per heavy atom. The molecule has 7 nitrogen and oxygen atoms in total. The molecule has 0 saturated heterocycles. The highest BCUT2D eigenvalue weighted by molar-refractivity contribution is 7.13. The molecule has 4 heterocycles. The molecule has 0 aromatic carbocycles. The minimum Gasteiger partial charge on any atom is -0.325 e. The Labute approximate surface area is 155 Å². The molecule has 26 heavy (non-hydrogen) atoms. The summed E-state index contributed by atoms with van der Waals surface area (Å²) in [5.41, 5.74) is 2.15. The van der Waals surface area contributed by atoms with Crippen molar-refractivity contribution in [2.75, 3.05) is 0 Å². The van der Waals surface area contributed by atoms with Crippen molar-refractivity contribution in [1.82, 2.24) is 29.1 Å². The van der Waals surface area contributed by atoms with Crippen LogP contribution >= 0.6 is 11.3 Å². The molecule has 4 aromatic rings. The third-order valence-electron chi connectivity index (χ3n) is 4.04. The van der Waals surface area contributed by atoms with Crippen molar-refractivity contribution in [2.45, 2.75) is 34.4 Å². The van der Waals surface area contributed by atoms with Gasteiger partial charge in [0.2, 0.25) is 0 Å². The predicted molar refractivity (Wildman–Crippen MR) is 102 cm³/mol. The molecule has 0 aliphatic rings. The van der Waals surface area contributed by atoms with Crippen molar-refractivity contribution in [1.29, 1.82) is 0 Å². The first kappa shape index (κ1) is 17.9. The fraction of sp³-hybridized carbons (Fsp3) is 0.278. The number of aryl methyl sites for hydroxylation is 1. The van der Waals surface area contributed by atoms with E-state index >= 15 is 0 Å². The Balaban J connectivity index is 0.00000196. The number of rotatable bonds is 5. The zero-order valence-corrected chi connectivity index (χ0v) is 14.7. The number of hydrogen-bond donors (Lipinski definition) is 0. The lowest BCUT2D eigenvalue weighted by atomic mass is 10.2. The van der Waals surface area contributed by atoms with Gasteiger partial charge in [0.15, 0.2) is 16.6 Å². The summed E-state index contributed by atoms with van der Waals surface area (Å²) in [4.78, 5) is 29.3. The summed E-state index contributed by atoms with van der Waals surface area (Å²) >= 11 is 1.56. The van der Waals surface area contributed by atoms with Gasteiger partial charge in [0.1, 0.15) is 11.5 Å². The summed E-state index contributed by atoms with van der Waals surface area (Å²) < 4.78 is 4.14. The third kappa shape index (κ3) is 3.03. The summed E-state index contributed by atoms with van der Waals surface area (Å²) in [6, 6.07) is 1.75. The Kier molecular flexibility index (Phi) is 4.94. The van der Waals surface area contributed by atoms with E-state index in [0.29, 0.717) is 12.2 Å². The molecule has 4 rings (SSSR count). The highest BCUT2D eigenvalue weighted by Gasteiger charge is 2.15. The first-order chi connectivity index (χ1) is 12.2. The van der Waals surface area contributed by atoms with Gasteiger partial charge in [-0.15, -0.1) is 11.3 Å². The van der Waals surface area contributed by atoms with Crippen LogP contribution in [0.25, 0.3) is 21.9 Å². The van der Waals surface area contributed by atoms with Crippen LogP contribution < -0.4 is 0 Å². The van der Waals surface area contributed by atoms with Gasteiger partial charge in [-0.05, 0) is 13.0 Å². The van der Waals surface area contributed by atoms with Gasteiger partial charge in [0, 0.05) is 37.4 Å². The standard InChI is InChI=1S/C17H16N6OS.CH4/c1-3-23-14-9-20-12(11(2)24)8-13(14)21-15(23)10-22-6-4-18-16(22)17-19-5-7-25-17;/h4-9H,3,10H2,1-2H3;1H4. The Bertz CT molecular complexity index is 1050. The normalized spacial score (nSPS) is 10.8. The minimum atomic E-state index is -0.0600. The molecule has 0 aliphatic carbocycles. The second kappa shape index (κ2) is 7.17. The number of aromatic nitrogens is 6. The smallest absolute Gasteiger partial charge is 0.178 e. The quantitative estimate of drug-likeness (QED) is 0.502. The summed E-state index contributed by atoms with van der Waals surface area (Å²) in [5, 5.41) is 2.81. The lowest BCUT2D eigenvalue weighted by Gasteiger charge is -2.08. The van der Waals surface area contributed by atoms with E-state index in [-0.39, 0.29) is 13.2 Å². The average Bonchev–Trinajstić information content (AvgIpc) is 3.33. The zero-order valence-electron chi connectivity index (χ0n) is 13.9. The van der Waals surface area contributed by atoms with Crippen molar-refractivity contribution >= 4 is 28.2 Å². The van der Waals surface area contributed by atoms with Crippen molar-refractivity contribution in [2.24, 2.45) is 0 Å². The average molecular weight is 368 g/mol. The number of hydrogen-bond acceptors (Lipinski definition) is 6. The highest BCUT2D eigenvalue weighted by atomic mass is 32.1. The van der Waals surface area contributed by atoms with Crippen LogP contribution in [0.5, 0.6) is 0 Å². The minimum absolute atomic E-state index is 0. The number of carbonyl (C=O) groups excluding carboxylic acids is 1. The number of imidazole rings is 2. The highest BCUT2D eigenvalue weighted by Crippen LogP contribution is 2.22. The molecule has 0 bridgehead atoms. The predicted octanol–water partition coefficient (Wildman–Crippen LogP) is 3.66. The van der Waals surface area contributed by atoms with Gasteiger partial charge in [-0.3, -0.25) is 9.78 Å². The molecule has 134 valence electrons. The maximum atomic E-state index is 11.6. The van der Waals surface area contributed by atoms with Crippen LogP contribution in [0.4, 0.5) is 0 Å². The fourth-order valence-electron chi connectivity index (χ4n) is 2.86. The molecule has 4 aromatic heterocycles. The van der Waals surface area contributed by atoms with E-state index in [1.54, 1.807) is 36.0 Å². The number of fused-ring (bicyclic) bond motifs is 1. The summed E-state index contributed by atoms with van der Waals surface area (Å²) in [7, 11) is 0. The van der Waals surface area contributed by atoms with Gasteiger partial charge in [-0.1, -0.05) is 7.43 Å².